The van der Waals surface area contributed by atoms with Gasteiger partial charge in [-0.1, -0.05) is 44.2 Å². The van der Waals surface area contributed by atoms with E-state index in [9.17, 15) is 13.6 Å². The fourth-order valence-electron chi connectivity index (χ4n) is 3.37. The van der Waals surface area contributed by atoms with Crippen molar-refractivity contribution in [1.29, 1.82) is 0 Å². The number of hydrogen-bond donors (Lipinski definition) is 1. The molecule has 1 atom stereocenters. The summed E-state index contributed by atoms with van der Waals surface area (Å²) in [4.78, 5) is 11.2. The first-order valence-electron chi connectivity index (χ1n) is 7.90. The van der Waals surface area contributed by atoms with Crippen molar-refractivity contribution in [3.63, 3.8) is 0 Å². The molecule has 25 heavy (non-hydrogen) atoms. The van der Waals surface area contributed by atoms with Gasteiger partial charge in [0.2, 0.25) is 0 Å². The Labute approximate surface area is 144 Å². The van der Waals surface area contributed by atoms with Crippen molar-refractivity contribution >= 4 is 6.09 Å². The maximum Gasteiger partial charge on any atom is 0.405 e. The monoisotopic (exact) mass is 347 g/mol. The van der Waals surface area contributed by atoms with E-state index in [4.69, 9.17) is 10.5 Å². The quantitative estimate of drug-likeness (QED) is 0.874. The second kappa shape index (κ2) is 6.35. The molecule has 1 aliphatic rings. The third kappa shape index (κ3) is 3.57. The number of carbonyl (C=O) groups excluding carboxylic acids is 1. The molecule has 1 amide bonds. The summed E-state index contributed by atoms with van der Waals surface area (Å²) < 4.78 is 34.1. The van der Waals surface area contributed by atoms with Gasteiger partial charge in [0.15, 0.2) is 0 Å². The molecule has 1 unspecified atom stereocenters. The predicted molar refractivity (Wildman–Crippen MR) is 89.4 cm³/mol. The molecule has 4 nitrogen and oxygen atoms in total. The van der Waals surface area contributed by atoms with Crippen LogP contribution < -0.4 is 10.5 Å². The minimum absolute atomic E-state index is 0.121. The Morgan fingerprint density at radius 1 is 1.16 bits per heavy atom. The van der Waals surface area contributed by atoms with Crippen molar-refractivity contribution in [3.8, 4) is 16.9 Å². The average molecular weight is 347 g/mol. The number of halogens is 2. The summed E-state index contributed by atoms with van der Waals surface area (Å²) in [5.74, 6) is 0.121. The molecule has 0 heterocycles. The van der Waals surface area contributed by atoms with Gasteiger partial charge in [0.05, 0.1) is 0 Å². The molecule has 0 bridgehead atoms. The number of carbonyl (C=O) groups is 1. The summed E-state index contributed by atoms with van der Waals surface area (Å²) >= 11 is 0. The zero-order chi connectivity index (χ0) is 18.2. The fraction of sp³-hybridized carbons (Fsp3) is 0.316. The Bertz CT molecular complexity index is 788. The molecule has 3 rings (SSSR count). The number of primary amides is 1. The molecule has 2 N–H and O–H groups in total. The maximum atomic E-state index is 12.2. The molecule has 1 aliphatic carbocycles. The fourth-order valence-corrected chi connectivity index (χ4v) is 3.37. The molecule has 0 radical (unpaired) electrons. The zero-order valence-electron chi connectivity index (χ0n) is 14.0. The predicted octanol–water partition coefficient (Wildman–Crippen LogP) is 4.67. The number of fused-ring (bicyclic) bond motifs is 1. The lowest BCUT2D eigenvalue weighted by Crippen LogP contribution is -2.25. The smallest absolute Gasteiger partial charge is 0.405 e. The average Bonchev–Trinajstić information content (AvgIpc) is 2.76. The summed E-state index contributed by atoms with van der Waals surface area (Å²) in [5.41, 5.74) is 8.83. The van der Waals surface area contributed by atoms with E-state index in [0.717, 1.165) is 28.7 Å². The van der Waals surface area contributed by atoms with Crippen molar-refractivity contribution in [1.82, 2.24) is 0 Å². The highest BCUT2D eigenvalue weighted by atomic mass is 19.3. The molecule has 0 fully saturated rings. The largest absolute Gasteiger partial charge is 0.441 e. The van der Waals surface area contributed by atoms with Crippen molar-refractivity contribution < 1.29 is 23.0 Å². The Morgan fingerprint density at radius 3 is 2.40 bits per heavy atom. The van der Waals surface area contributed by atoms with Gasteiger partial charge in [-0.15, -0.1) is 0 Å². The molecule has 0 saturated carbocycles. The highest BCUT2D eigenvalue weighted by Gasteiger charge is 2.41. The van der Waals surface area contributed by atoms with Crippen molar-refractivity contribution in [3.05, 3.63) is 53.6 Å². The lowest BCUT2D eigenvalue weighted by atomic mass is 9.87. The summed E-state index contributed by atoms with van der Waals surface area (Å²) in [6, 6.07) is 12.4. The first-order chi connectivity index (χ1) is 11.8. The summed E-state index contributed by atoms with van der Waals surface area (Å²) in [7, 11) is 0. The highest BCUT2D eigenvalue weighted by molar-refractivity contribution is 5.68. The maximum absolute atomic E-state index is 12.2. The normalized spacial score (nSPS) is 18.0. The molecule has 0 saturated heterocycles. The molecule has 132 valence electrons. The Balaban J connectivity index is 1.88. The van der Waals surface area contributed by atoms with Crippen LogP contribution in [0.15, 0.2) is 42.5 Å². The molecular formula is C19H19F2NO3. The number of hydrogen-bond acceptors (Lipinski definition) is 3. The minimum Gasteiger partial charge on any atom is -0.441 e. The molecule has 2 aromatic carbocycles. The van der Waals surface area contributed by atoms with Crippen LogP contribution in [0.25, 0.3) is 11.1 Å². The second-order valence-corrected chi connectivity index (χ2v) is 6.80. The lowest BCUT2D eigenvalue weighted by molar-refractivity contribution is -0.0498. The van der Waals surface area contributed by atoms with Crippen LogP contribution in [-0.4, -0.2) is 12.7 Å². The van der Waals surface area contributed by atoms with Crippen LogP contribution in [-0.2, 0) is 11.2 Å². The van der Waals surface area contributed by atoms with Crippen LogP contribution in [0.2, 0.25) is 0 Å². The van der Waals surface area contributed by atoms with E-state index < -0.39 is 12.7 Å². The molecular weight excluding hydrogens is 328 g/mol. The van der Waals surface area contributed by atoms with E-state index in [1.165, 1.54) is 12.1 Å². The van der Waals surface area contributed by atoms with Crippen LogP contribution in [0.3, 0.4) is 0 Å². The van der Waals surface area contributed by atoms with Gasteiger partial charge in [-0.3, -0.25) is 0 Å². The second-order valence-electron chi connectivity index (χ2n) is 6.80. The third-order valence-corrected chi connectivity index (χ3v) is 4.43. The molecule has 6 heteroatoms. The van der Waals surface area contributed by atoms with Crippen LogP contribution in [0, 0.1) is 5.41 Å². The molecule has 0 aromatic heterocycles. The standard InChI is InChI=1S/C19H19F2NO3/c1-19(2)10-13-9-12(5-8-15(13)16(19)25-18(22)23)11-3-6-14(7-4-11)24-17(20)21/h3-9,16-17H,10H2,1-2H3,(H2,22,23). The van der Waals surface area contributed by atoms with E-state index in [2.05, 4.69) is 4.74 Å². The number of amides is 1. The first-order valence-corrected chi connectivity index (χ1v) is 7.90. The van der Waals surface area contributed by atoms with Gasteiger partial charge < -0.3 is 15.2 Å². The molecule has 2 aromatic rings. The van der Waals surface area contributed by atoms with Gasteiger partial charge in [-0.2, -0.15) is 8.78 Å². The number of alkyl halides is 2. The van der Waals surface area contributed by atoms with Crippen molar-refractivity contribution in [2.24, 2.45) is 11.1 Å². The number of benzene rings is 2. The number of rotatable bonds is 4. The Kier molecular flexibility index (Phi) is 4.37. The topological polar surface area (TPSA) is 61.6 Å². The van der Waals surface area contributed by atoms with Crippen molar-refractivity contribution in [2.75, 3.05) is 0 Å². The molecule has 0 aliphatic heterocycles. The summed E-state index contributed by atoms with van der Waals surface area (Å²) in [6.45, 7) is 1.21. The van der Waals surface area contributed by atoms with Crippen LogP contribution in [0.5, 0.6) is 5.75 Å². The Hall–Kier alpha value is -2.63. The van der Waals surface area contributed by atoms with Gasteiger partial charge in [0.25, 0.3) is 0 Å². The van der Waals surface area contributed by atoms with E-state index >= 15 is 0 Å². The molecule has 0 spiro atoms. The van der Waals surface area contributed by atoms with Gasteiger partial charge in [0.1, 0.15) is 11.9 Å². The van der Waals surface area contributed by atoms with E-state index in [0.29, 0.717) is 0 Å². The highest BCUT2D eigenvalue weighted by Crippen LogP contribution is 2.48. The zero-order valence-corrected chi connectivity index (χ0v) is 14.0. The van der Waals surface area contributed by atoms with E-state index in [1.54, 1.807) is 12.1 Å². The van der Waals surface area contributed by atoms with Crippen molar-refractivity contribution in [2.45, 2.75) is 33.0 Å². The summed E-state index contributed by atoms with van der Waals surface area (Å²) in [6.07, 6.45) is -0.416. The van der Waals surface area contributed by atoms with Crippen LogP contribution in [0.4, 0.5) is 13.6 Å². The van der Waals surface area contributed by atoms with Crippen LogP contribution in [0.1, 0.15) is 31.1 Å². The minimum atomic E-state index is -2.84. The SMILES string of the molecule is CC1(C)Cc2cc(-c3ccc(OC(F)F)cc3)ccc2C1OC(N)=O. The summed E-state index contributed by atoms with van der Waals surface area (Å²) in [5, 5.41) is 0. The lowest BCUT2D eigenvalue weighted by Gasteiger charge is -2.26. The van der Waals surface area contributed by atoms with Gasteiger partial charge in [-0.05, 0) is 40.8 Å². The number of nitrogens with two attached hydrogens (primary N) is 1. The Morgan fingerprint density at radius 2 is 1.80 bits per heavy atom. The van der Waals surface area contributed by atoms with Crippen LogP contribution >= 0.6 is 0 Å². The van der Waals surface area contributed by atoms with Gasteiger partial charge in [-0.25, -0.2) is 4.79 Å². The van der Waals surface area contributed by atoms with Gasteiger partial charge >= 0.3 is 12.7 Å². The third-order valence-electron chi connectivity index (χ3n) is 4.43. The number of ether oxygens (including phenoxy) is 2. The van der Waals surface area contributed by atoms with Gasteiger partial charge in [0, 0.05) is 5.41 Å². The van der Waals surface area contributed by atoms with E-state index in [-0.39, 0.29) is 17.3 Å². The van der Waals surface area contributed by atoms with E-state index in [1.807, 2.05) is 32.0 Å². The first kappa shape index (κ1) is 17.2.